The van der Waals surface area contributed by atoms with Crippen LogP contribution in [0, 0.1) is 0 Å². The molecule has 1 heterocycles. The van der Waals surface area contributed by atoms with Crippen molar-refractivity contribution in [2.24, 2.45) is 0 Å². The largest absolute Gasteiger partial charge is 0.496 e. The first kappa shape index (κ1) is 20.6. The minimum atomic E-state index is -3.72. The van der Waals surface area contributed by atoms with Gasteiger partial charge in [-0.05, 0) is 44.0 Å². The molecule has 1 saturated heterocycles. The van der Waals surface area contributed by atoms with Gasteiger partial charge in [0.15, 0.2) is 0 Å². The third-order valence-corrected chi connectivity index (χ3v) is 7.21. The van der Waals surface area contributed by atoms with E-state index >= 15 is 0 Å². The molecule has 0 spiro atoms. The molecule has 28 heavy (non-hydrogen) atoms. The summed E-state index contributed by atoms with van der Waals surface area (Å²) in [7, 11) is -2.14. The molecule has 1 fully saturated rings. The fourth-order valence-corrected chi connectivity index (χ4v) is 5.31. The zero-order valence-corrected chi connectivity index (χ0v) is 17.4. The molecule has 0 unspecified atom stereocenters. The van der Waals surface area contributed by atoms with Crippen molar-refractivity contribution in [3.05, 3.63) is 58.6 Å². The van der Waals surface area contributed by atoms with Gasteiger partial charge >= 0.3 is 0 Å². The molecular weight excluding hydrogens is 400 g/mol. The van der Waals surface area contributed by atoms with Gasteiger partial charge in [-0.3, -0.25) is 4.79 Å². The summed E-state index contributed by atoms with van der Waals surface area (Å²) in [5, 5.41) is 3.00. The van der Waals surface area contributed by atoms with E-state index in [0.717, 1.165) is 18.4 Å². The number of halogens is 1. The minimum absolute atomic E-state index is 0.0336. The van der Waals surface area contributed by atoms with Gasteiger partial charge in [-0.2, -0.15) is 4.31 Å². The summed E-state index contributed by atoms with van der Waals surface area (Å²) >= 11 is 6.15. The van der Waals surface area contributed by atoms with Crippen LogP contribution in [0.2, 0.25) is 5.02 Å². The average molecular weight is 423 g/mol. The Labute approximate surface area is 170 Å². The van der Waals surface area contributed by atoms with Crippen molar-refractivity contribution in [2.75, 3.05) is 20.2 Å². The van der Waals surface area contributed by atoms with E-state index in [9.17, 15) is 13.2 Å². The highest BCUT2D eigenvalue weighted by Gasteiger charge is 2.30. The second-order valence-corrected chi connectivity index (χ2v) is 9.01. The lowest BCUT2D eigenvalue weighted by Crippen LogP contribution is -2.29. The van der Waals surface area contributed by atoms with Crippen LogP contribution >= 0.6 is 11.6 Å². The maximum atomic E-state index is 12.9. The number of sulfonamides is 1. The zero-order chi connectivity index (χ0) is 20.3. The highest BCUT2D eigenvalue weighted by Crippen LogP contribution is 2.29. The van der Waals surface area contributed by atoms with Crippen molar-refractivity contribution in [2.45, 2.75) is 30.7 Å². The van der Waals surface area contributed by atoms with Crippen molar-refractivity contribution in [3.8, 4) is 5.75 Å². The SMILES string of the molecule is COc1ccccc1[C@H](C)NC(=O)c1ccc(Cl)c(S(=O)(=O)N2CCCC2)c1. The summed E-state index contributed by atoms with van der Waals surface area (Å²) in [5.41, 5.74) is 1.07. The summed E-state index contributed by atoms with van der Waals surface area (Å²) in [6, 6.07) is 11.4. The van der Waals surface area contributed by atoms with Crippen molar-refractivity contribution >= 4 is 27.5 Å². The molecule has 1 atom stereocenters. The van der Waals surface area contributed by atoms with Gasteiger partial charge in [0.2, 0.25) is 10.0 Å². The van der Waals surface area contributed by atoms with Crippen LogP contribution < -0.4 is 10.1 Å². The summed E-state index contributed by atoms with van der Waals surface area (Å²) in [5.74, 6) is 0.289. The van der Waals surface area contributed by atoms with Crippen LogP contribution in [0.1, 0.15) is 41.7 Å². The van der Waals surface area contributed by atoms with Gasteiger partial charge < -0.3 is 10.1 Å². The van der Waals surface area contributed by atoms with E-state index in [1.807, 2.05) is 31.2 Å². The number of nitrogens with one attached hydrogen (secondary N) is 1. The number of nitrogens with zero attached hydrogens (tertiary/aromatic N) is 1. The third-order valence-electron chi connectivity index (χ3n) is 4.83. The Morgan fingerprint density at radius 1 is 1.18 bits per heavy atom. The van der Waals surface area contributed by atoms with E-state index in [0.29, 0.717) is 18.8 Å². The Bertz CT molecular complexity index is 972. The number of hydrogen-bond acceptors (Lipinski definition) is 4. The highest BCUT2D eigenvalue weighted by molar-refractivity contribution is 7.89. The van der Waals surface area contributed by atoms with Gasteiger partial charge in [0, 0.05) is 24.2 Å². The lowest BCUT2D eigenvalue weighted by molar-refractivity contribution is 0.0939. The number of carbonyl (C=O) groups is 1. The van der Waals surface area contributed by atoms with E-state index in [-0.39, 0.29) is 27.4 Å². The summed E-state index contributed by atoms with van der Waals surface area (Å²) in [6.45, 7) is 2.79. The maximum Gasteiger partial charge on any atom is 0.251 e. The third kappa shape index (κ3) is 4.16. The minimum Gasteiger partial charge on any atom is -0.496 e. The first-order valence-electron chi connectivity index (χ1n) is 9.08. The summed E-state index contributed by atoms with van der Waals surface area (Å²) in [6.07, 6.45) is 1.65. The second-order valence-electron chi connectivity index (χ2n) is 6.69. The van der Waals surface area contributed by atoms with Crippen LogP contribution in [0.4, 0.5) is 0 Å². The molecule has 8 heteroatoms. The number of ether oxygens (including phenoxy) is 1. The van der Waals surface area contributed by atoms with E-state index in [1.165, 1.54) is 22.5 Å². The van der Waals surface area contributed by atoms with Gasteiger partial charge in [-0.1, -0.05) is 29.8 Å². The van der Waals surface area contributed by atoms with Crippen LogP contribution in [0.3, 0.4) is 0 Å². The molecule has 0 saturated carbocycles. The monoisotopic (exact) mass is 422 g/mol. The predicted molar refractivity (Wildman–Crippen MR) is 108 cm³/mol. The lowest BCUT2D eigenvalue weighted by atomic mass is 10.1. The molecule has 1 aliphatic rings. The normalized spacial score (nSPS) is 16.0. The Kier molecular flexibility index (Phi) is 6.27. The number of rotatable bonds is 6. The molecule has 2 aromatic rings. The number of carbonyl (C=O) groups excluding carboxylic acids is 1. The van der Waals surface area contributed by atoms with Crippen LogP contribution in [-0.4, -0.2) is 38.8 Å². The molecule has 150 valence electrons. The Morgan fingerprint density at radius 2 is 1.86 bits per heavy atom. The van der Waals surface area contributed by atoms with Crippen LogP contribution in [-0.2, 0) is 10.0 Å². The summed E-state index contributed by atoms with van der Waals surface area (Å²) < 4.78 is 32.4. The molecular formula is C20H23ClN2O4S. The van der Waals surface area contributed by atoms with E-state index in [1.54, 1.807) is 7.11 Å². The van der Waals surface area contributed by atoms with E-state index in [2.05, 4.69) is 5.32 Å². The van der Waals surface area contributed by atoms with Crippen LogP contribution in [0.25, 0.3) is 0 Å². The van der Waals surface area contributed by atoms with Crippen molar-refractivity contribution in [1.29, 1.82) is 0 Å². The number of benzene rings is 2. The second kappa shape index (κ2) is 8.51. The molecule has 3 rings (SSSR count). The zero-order valence-electron chi connectivity index (χ0n) is 15.8. The molecule has 2 aromatic carbocycles. The highest BCUT2D eigenvalue weighted by atomic mass is 35.5. The number of methoxy groups -OCH3 is 1. The first-order chi connectivity index (χ1) is 13.3. The smallest absolute Gasteiger partial charge is 0.251 e. The van der Waals surface area contributed by atoms with Crippen molar-refractivity contribution < 1.29 is 17.9 Å². The standard InChI is InChI=1S/C20H23ClN2O4S/c1-14(16-7-3-4-8-18(16)27-2)22-20(24)15-9-10-17(21)19(13-15)28(25,26)23-11-5-6-12-23/h3-4,7-10,13-14H,5-6,11-12H2,1-2H3,(H,22,24)/t14-/m0/s1. The predicted octanol–water partition coefficient (Wildman–Crippen LogP) is 3.62. The molecule has 0 radical (unpaired) electrons. The quantitative estimate of drug-likeness (QED) is 0.771. The molecule has 6 nitrogen and oxygen atoms in total. The van der Waals surface area contributed by atoms with E-state index in [4.69, 9.17) is 16.3 Å². The summed E-state index contributed by atoms with van der Waals surface area (Å²) in [4.78, 5) is 12.7. The van der Waals surface area contributed by atoms with E-state index < -0.39 is 10.0 Å². The number of amides is 1. The van der Waals surface area contributed by atoms with Gasteiger partial charge in [-0.15, -0.1) is 0 Å². The molecule has 1 amide bonds. The molecule has 0 bridgehead atoms. The number of hydrogen-bond donors (Lipinski definition) is 1. The topological polar surface area (TPSA) is 75.7 Å². The lowest BCUT2D eigenvalue weighted by Gasteiger charge is -2.19. The molecule has 1 aliphatic heterocycles. The van der Waals surface area contributed by atoms with Gasteiger partial charge in [0.25, 0.3) is 5.91 Å². The molecule has 1 N–H and O–H groups in total. The van der Waals surface area contributed by atoms with Gasteiger partial charge in [-0.25, -0.2) is 8.42 Å². The van der Waals surface area contributed by atoms with Crippen LogP contribution in [0.5, 0.6) is 5.75 Å². The fraction of sp³-hybridized carbons (Fsp3) is 0.350. The van der Waals surface area contributed by atoms with Gasteiger partial charge in [0.05, 0.1) is 18.2 Å². The maximum absolute atomic E-state index is 12.9. The van der Waals surface area contributed by atoms with Crippen molar-refractivity contribution in [3.63, 3.8) is 0 Å². The number of para-hydroxylation sites is 1. The first-order valence-corrected chi connectivity index (χ1v) is 10.9. The van der Waals surface area contributed by atoms with Crippen molar-refractivity contribution in [1.82, 2.24) is 9.62 Å². The molecule has 0 aromatic heterocycles. The Balaban J connectivity index is 1.85. The Hall–Kier alpha value is -2.09. The Morgan fingerprint density at radius 3 is 2.54 bits per heavy atom. The average Bonchev–Trinajstić information content (AvgIpc) is 3.23. The van der Waals surface area contributed by atoms with Crippen LogP contribution in [0.15, 0.2) is 47.4 Å². The fourth-order valence-electron chi connectivity index (χ4n) is 3.29. The van der Waals surface area contributed by atoms with Gasteiger partial charge in [0.1, 0.15) is 10.6 Å². The molecule has 0 aliphatic carbocycles.